The van der Waals surface area contributed by atoms with Gasteiger partial charge in [-0.05, 0) is 24.6 Å². The summed E-state index contributed by atoms with van der Waals surface area (Å²) < 4.78 is 12.0. The fourth-order valence-corrected chi connectivity index (χ4v) is 1.65. The standard InChI is InChI=1S/C10H10ClFN2O4/c1-6(18-14(16)17)8-3-2-7(4-9(8)11)13-10(15)5-12/h2-4,6H,5H2,1H3,(H,13,15). The number of anilines is 1. The Bertz CT molecular complexity index is 469. The molecule has 0 fully saturated rings. The number of carbonyl (C=O) groups is 1. The van der Waals surface area contributed by atoms with E-state index in [1.165, 1.54) is 25.1 Å². The zero-order chi connectivity index (χ0) is 13.7. The van der Waals surface area contributed by atoms with Crippen molar-refractivity contribution in [2.75, 3.05) is 12.0 Å². The maximum absolute atomic E-state index is 12.0. The van der Waals surface area contributed by atoms with E-state index in [2.05, 4.69) is 10.2 Å². The first kappa shape index (κ1) is 14.2. The molecule has 1 N–H and O–H groups in total. The SMILES string of the molecule is CC(O[N+](=O)[O-])c1ccc(NC(=O)CF)cc1Cl. The third-order valence-electron chi connectivity index (χ3n) is 2.09. The minimum absolute atomic E-state index is 0.181. The topological polar surface area (TPSA) is 81.5 Å². The molecule has 1 aromatic rings. The lowest BCUT2D eigenvalue weighted by Gasteiger charge is -2.12. The molecule has 8 heteroatoms. The quantitative estimate of drug-likeness (QED) is 0.662. The van der Waals surface area contributed by atoms with Gasteiger partial charge in [0.15, 0.2) is 6.67 Å². The van der Waals surface area contributed by atoms with Gasteiger partial charge >= 0.3 is 0 Å². The van der Waals surface area contributed by atoms with Crippen molar-refractivity contribution in [1.29, 1.82) is 0 Å². The Kier molecular flexibility index (Phi) is 4.85. The number of nitrogens with zero attached hydrogens (tertiary/aromatic N) is 1. The second-order valence-electron chi connectivity index (χ2n) is 3.39. The van der Waals surface area contributed by atoms with Crippen molar-refractivity contribution in [3.63, 3.8) is 0 Å². The van der Waals surface area contributed by atoms with Crippen LogP contribution in [0, 0.1) is 10.1 Å². The largest absolute Gasteiger partial charge is 0.324 e. The average Bonchev–Trinajstić information content (AvgIpc) is 2.27. The van der Waals surface area contributed by atoms with Crippen LogP contribution in [0.5, 0.6) is 0 Å². The van der Waals surface area contributed by atoms with Crippen LogP contribution in [0.3, 0.4) is 0 Å². The number of rotatable bonds is 5. The van der Waals surface area contributed by atoms with Gasteiger partial charge in [0.1, 0.15) is 6.10 Å². The van der Waals surface area contributed by atoms with Crippen LogP contribution in [-0.4, -0.2) is 17.7 Å². The molecule has 0 heterocycles. The summed E-state index contributed by atoms with van der Waals surface area (Å²) in [5.41, 5.74) is 0.700. The number of hydrogen-bond donors (Lipinski definition) is 1. The van der Waals surface area contributed by atoms with Crippen LogP contribution >= 0.6 is 11.6 Å². The van der Waals surface area contributed by atoms with Crippen molar-refractivity contribution in [1.82, 2.24) is 0 Å². The summed E-state index contributed by atoms with van der Waals surface area (Å²) in [7, 11) is 0. The molecular weight excluding hydrogens is 267 g/mol. The van der Waals surface area contributed by atoms with Crippen LogP contribution in [0.1, 0.15) is 18.6 Å². The second kappa shape index (κ2) is 6.15. The van der Waals surface area contributed by atoms with Crippen molar-refractivity contribution in [2.24, 2.45) is 0 Å². The molecule has 0 spiro atoms. The van der Waals surface area contributed by atoms with E-state index in [0.29, 0.717) is 11.3 Å². The van der Waals surface area contributed by atoms with E-state index in [4.69, 9.17) is 11.6 Å². The van der Waals surface area contributed by atoms with E-state index >= 15 is 0 Å². The van der Waals surface area contributed by atoms with Crippen molar-refractivity contribution < 1.29 is 19.1 Å². The number of nitrogens with one attached hydrogen (secondary N) is 1. The van der Waals surface area contributed by atoms with Gasteiger partial charge < -0.3 is 10.2 Å². The molecule has 1 unspecified atom stereocenters. The van der Waals surface area contributed by atoms with Gasteiger partial charge in [-0.1, -0.05) is 17.7 Å². The number of hydrogen-bond acceptors (Lipinski definition) is 4. The third-order valence-corrected chi connectivity index (χ3v) is 2.42. The molecule has 0 aromatic heterocycles. The van der Waals surface area contributed by atoms with E-state index in [1.54, 1.807) is 0 Å². The number of halogens is 2. The predicted molar refractivity (Wildman–Crippen MR) is 62.6 cm³/mol. The summed E-state index contributed by atoms with van der Waals surface area (Å²) in [6.45, 7) is 0.323. The van der Waals surface area contributed by atoms with Crippen LogP contribution in [0.25, 0.3) is 0 Å². The fourth-order valence-electron chi connectivity index (χ4n) is 1.31. The molecule has 98 valence electrons. The van der Waals surface area contributed by atoms with Crippen molar-refractivity contribution >= 4 is 23.2 Å². The van der Waals surface area contributed by atoms with Crippen LogP contribution in [0.4, 0.5) is 10.1 Å². The maximum Gasteiger partial charge on any atom is 0.295 e. The van der Waals surface area contributed by atoms with E-state index in [0.717, 1.165) is 0 Å². The Morgan fingerprint density at radius 3 is 2.83 bits per heavy atom. The van der Waals surface area contributed by atoms with Gasteiger partial charge in [0.05, 0.1) is 0 Å². The Hall–Kier alpha value is -1.89. The molecule has 0 aliphatic rings. The minimum atomic E-state index is -1.14. The maximum atomic E-state index is 12.0. The van der Waals surface area contributed by atoms with Gasteiger partial charge in [-0.25, -0.2) is 4.39 Å². The van der Waals surface area contributed by atoms with E-state index < -0.39 is 23.8 Å². The molecule has 0 radical (unpaired) electrons. The van der Waals surface area contributed by atoms with E-state index in [-0.39, 0.29) is 5.02 Å². The van der Waals surface area contributed by atoms with Gasteiger partial charge in [-0.2, -0.15) is 0 Å². The molecule has 1 amide bonds. The van der Waals surface area contributed by atoms with Crippen LogP contribution < -0.4 is 5.32 Å². The molecule has 1 aromatic carbocycles. The Balaban J connectivity index is 2.85. The molecule has 1 rings (SSSR count). The van der Waals surface area contributed by atoms with Gasteiger partial charge in [-0.3, -0.25) is 4.79 Å². The van der Waals surface area contributed by atoms with Crippen molar-refractivity contribution in [3.05, 3.63) is 38.9 Å². The van der Waals surface area contributed by atoms with E-state index in [9.17, 15) is 19.3 Å². The van der Waals surface area contributed by atoms with Crippen LogP contribution in [0.15, 0.2) is 18.2 Å². The lowest BCUT2D eigenvalue weighted by molar-refractivity contribution is -0.770. The molecule has 0 saturated heterocycles. The lowest BCUT2D eigenvalue weighted by atomic mass is 10.1. The van der Waals surface area contributed by atoms with Gasteiger partial charge in [-0.15, -0.1) is 10.1 Å². The summed E-state index contributed by atoms with van der Waals surface area (Å²) in [5, 5.41) is 11.7. The van der Waals surface area contributed by atoms with Crippen molar-refractivity contribution in [3.8, 4) is 0 Å². The highest BCUT2D eigenvalue weighted by atomic mass is 35.5. The molecule has 0 aliphatic carbocycles. The van der Waals surface area contributed by atoms with E-state index in [1.807, 2.05) is 0 Å². The smallest absolute Gasteiger partial charge is 0.295 e. The zero-order valence-electron chi connectivity index (χ0n) is 9.35. The molecule has 18 heavy (non-hydrogen) atoms. The summed E-state index contributed by atoms with van der Waals surface area (Å²) in [4.78, 5) is 25.4. The number of alkyl halides is 1. The summed E-state index contributed by atoms with van der Waals surface area (Å²) >= 11 is 5.89. The predicted octanol–water partition coefficient (Wildman–Crippen LogP) is 2.52. The Morgan fingerprint density at radius 1 is 1.67 bits per heavy atom. The fraction of sp³-hybridized carbons (Fsp3) is 0.300. The van der Waals surface area contributed by atoms with Crippen LogP contribution in [0.2, 0.25) is 5.02 Å². The first-order valence-corrected chi connectivity index (χ1v) is 5.28. The average molecular weight is 277 g/mol. The Labute approximate surface area is 107 Å². The van der Waals surface area contributed by atoms with Crippen molar-refractivity contribution in [2.45, 2.75) is 13.0 Å². The summed E-state index contributed by atoms with van der Waals surface area (Å²) in [5.74, 6) is -0.798. The summed E-state index contributed by atoms with van der Waals surface area (Å²) in [6.07, 6.45) is -0.835. The normalized spacial score (nSPS) is 11.7. The molecule has 0 bridgehead atoms. The lowest BCUT2D eigenvalue weighted by Crippen LogP contribution is -2.13. The summed E-state index contributed by atoms with van der Waals surface area (Å²) in [6, 6.07) is 4.28. The van der Waals surface area contributed by atoms with Gasteiger partial charge in [0, 0.05) is 10.7 Å². The minimum Gasteiger partial charge on any atom is -0.324 e. The third kappa shape index (κ3) is 3.85. The van der Waals surface area contributed by atoms with Gasteiger partial charge in [0.2, 0.25) is 0 Å². The number of carbonyl (C=O) groups excluding carboxylic acids is 1. The molecule has 0 aliphatic heterocycles. The number of benzene rings is 1. The van der Waals surface area contributed by atoms with Crippen LogP contribution in [-0.2, 0) is 9.63 Å². The molecular formula is C10H10ClFN2O4. The highest BCUT2D eigenvalue weighted by Gasteiger charge is 2.14. The highest BCUT2D eigenvalue weighted by molar-refractivity contribution is 6.31. The molecule has 1 atom stereocenters. The second-order valence-corrected chi connectivity index (χ2v) is 3.80. The first-order valence-electron chi connectivity index (χ1n) is 4.90. The molecule has 6 nitrogen and oxygen atoms in total. The Morgan fingerprint density at radius 2 is 2.33 bits per heavy atom. The van der Waals surface area contributed by atoms with Gasteiger partial charge in [0.25, 0.3) is 11.0 Å². The number of amides is 1. The zero-order valence-corrected chi connectivity index (χ0v) is 10.1. The molecule has 0 saturated carbocycles. The monoisotopic (exact) mass is 276 g/mol. The highest BCUT2D eigenvalue weighted by Crippen LogP contribution is 2.28. The first-order chi connectivity index (χ1) is 8.43.